The second-order valence-corrected chi connectivity index (χ2v) is 5.14. The van der Waals surface area contributed by atoms with Gasteiger partial charge in [-0.2, -0.15) is 0 Å². The Morgan fingerprint density at radius 1 is 1.17 bits per heavy atom. The third-order valence-electron chi connectivity index (χ3n) is 2.11. The highest BCUT2D eigenvalue weighted by molar-refractivity contribution is 5.85. The van der Waals surface area contributed by atoms with Gasteiger partial charge in [0.15, 0.2) is 0 Å². The Hall–Kier alpha value is -1.79. The van der Waals surface area contributed by atoms with Crippen molar-refractivity contribution in [1.82, 2.24) is 5.32 Å². The highest BCUT2D eigenvalue weighted by Crippen LogP contribution is 2.09. The molecule has 0 aromatic heterocycles. The van der Waals surface area contributed by atoms with Gasteiger partial charge in [-0.3, -0.25) is 9.59 Å². The molecule has 0 aromatic rings. The van der Waals surface area contributed by atoms with Crippen LogP contribution in [0.5, 0.6) is 0 Å². The van der Waals surface area contributed by atoms with Crippen molar-refractivity contribution in [3.05, 3.63) is 0 Å². The molecule has 104 valence electrons. The topological polar surface area (TPSA) is 125 Å². The summed E-state index contributed by atoms with van der Waals surface area (Å²) in [5.41, 5.74) is 9.54. The largest absolute Gasteiger partial charge is 0.444 e. The summed E-state index contributed by atoms with van der Waals surface area (Å²) >= 11 is 0. The molecule has 0 aliphatic heterocycles. The summed E-state index contributed by atoms with van der Waals surface area (Å²) < 4.78 is 4.99. The summed E-state index contributed by atoms with van der Waals surface area (Å²) in [6.45, 7) is 6.63. The molecule has 2 unspecified atom stereocenters. The molecule has 0 fully saturated rings. The van der Waals surface area contributed by atoms with E-state index in [2.05, 4.69) is 5.32 Å². The average molecular weight is 259 g/mol. The normalized spacial score (nSPS) is 14.4. The van der Waals surface area contributed by atoms with Crippen molar-refractivity contribution in [3.8, 4) is 0 Å². The maximum absolute atomic E-state index is 11.5. The minimum Gasteiger partial charge on any atom is -0.444 e. The lowest BCUT2D eigenvalue weighted by atomic mass is 10.0. The van der Waals surface area contributed by atoms with E-state index in [1.54, 1.807) is 27.7 Å². The number of alkyl carbamates (subject to hydrolysis) is 1. The molecule has 7 heteroatoms. The number of nitrogens with one attached hydrogen (secondary N) is 1. The predicted octanol–water partition coefficient (Wildman–Crippen LogP) is -0.123. The molecule has 0 heterocycles. The zero-order chi connectivity index (χ0) is 14.5. The van der Waals surface area contributed by atoms with Crippen LogP contribution in [0.25, 0.3) is 0 Å². The van der Waals surface area contributed by atoms with Gasteiger partial charge in [-0.05, 0) is 27.2 Å². The van der Waals surface area contributed by atoms with Crippen molar-refractivity contribution in [2.75, 3.05) is 0 Å². The summed E-state index contributed by atoms with van der Waals surface area (Å²) in [6.07, 6.45) is -0.716. The van der Waals surface area contributed by atoms with E-state index in [0.29, 0.717) is 0 Å². The highest BCUT2D eigenvalue weighted by atomic mass is 16.6. The third-order valence-corrected chi connectivity index (χ3v) is 2.11. The van der Waals surface area contributed by atoms with Crippen molar-refractivity contribution in [1.29, 1.82) is 0 Å². The number of carbonyl (C=O) groups excluding carboxylic acids is 3. The predicted molar refractivity (Wildman–Crippen MR) is 65.3 cm³/mol. The van der Waals surface area contributed by atoms with Crippen molar-refractivity contribution in [2.24, 2.45) is 17.4 Å². The van der Waals surface area contributed by atoms with Gasteiger partial charge < -0.3 is 21.5 Å². The SMILES string of the molecule is CC(CC(NC(=O)OC(C)(C)C)C(N)=O)C(N)=O. The summed E-state index contributed by atoms with van der Waals surface area (Å²) in [5.74, 6) is -1.88. The summed E-state index contributed by atoms with van der Waals surface area (Å²) in [6, 6.07) is -0.984. The highest BCUT2D eigenvalue weighted by Gasteiger charge is 2.25. The van der Waals surface area contributed by atoms with E-state index < -0.39 is 35.5 Å². The average Bonchev–Trinajstić information content (AvgIpc) is 2.12. The lowest BCUT2D eigenvalue weighted by Gasteiger charge is -2.23. The van der Waals surface area contributed by atoms with Gasteiger partial charge in [-0.15, -0.1) is 0 Å². The molecule has 3 amide bonds. The molecule has 18 heavy (non-hydrogen) atoms. The van der Waals surface area contributed by atoms with Gasteiger partial charge in [0.1, 0.15) is 11.6 Å². The zero-order valence-electron chi connectivity index (χ0n) is 11.1. The van der Waals surface area contributed by atoms with Gasteiger partial charge in [0, 0.05) is 5.92 Å². The smallest absolute Gasteiger partial charge is 0.408 e. The molecule has 7 nitrogen and oxygen atoms in total. The van der Waals surface area contributed by atoms with Crippen LogP contribution in [0.3, 0.4) is 0 Å². The number of primary amides is 2. The fourth-order valence-corrected chi connectivity index (χ4v) is 1.17. The summed E-state index contributed by atoms with van der Waals surface area (Å²) in [7, 11) is 0. The number of carbonyl (C=O) groups is 3. The van der Waals surface area contributed by atoms with Crippen molar-refractivity contribution < 1.29 is 19.1 Å². The lowest BCUT2D eigenvalue weighted by molar-refractivity contribution is -0.123. The van der Waals surface area contributed by atoms with Crippen LogP contribution < -0.4 is 16.8 Å². The van der Waals surface area contributed by atoms with Gasteiger partial charge in [-0.25, -0.2) is 4.79 Å². The van der Waals surface area contributed by atoms with E-state index in [9.17, 15) is 14.4 Å². The molecule has 0 spiro atoms. The van der Waals surface area contributed by atoms with Gasteiger partial charge >= 0.3 is 6.09 Å². The first-order valence-corrected chi connectivity index (χ1v) is 5.61. The van der Waals surface area contributed by atoms with Gasteiger partial charge in [0.25, 0.3) is 0 Å². The quantitative estimate of drug-likeness (QED) is 0.636. The fraction of sp³-hybridized carbons (Fsp3) is 0.727. The van der Waals surface area contributed by atoms with E-state index in [4.69, 9.17) is 16.2 Å². The van der Waals surface area contributed by atoms with E-state index in [1.165, 1.54) is 0 Å². The molecule has 0 aliphatic carbocycles. The number of rotatable bonds is 5. The van der Waals surface area contributed by atoms with Crippen LogP contribution >= 0.6 is 0 Å². The number of nitrogens with two attached hydrogens (primary N) is 2. The van der Waals surface area contributed by atoms with E-state index in [1.807, 2.05) is 0 Å². The van der Waals surface area contributed by atoms with Crippen LogP contribution in [0.15, 0.2) is 0 Å². The number of amides is 3. The first kappa shape index (κ1) is 16.2. The number of hydrogen-bond acceptors (Lipinski definition) is 4. The van der Waals surface area contributed by atoms with Crippen LogP contribution in [-0.4, -0.2) is 29.6 Å². The molecule has 0 saturated heterocycles. The molecule has 0 rings (SSSR count). The van der Waals surface area contributed by atoms with E-state index >= 15 is 0 Å². The molecule has 0 aromatic carbocycles. The fourth-order valence-electron chi connectivity index (χ4n) is 1.17. The standard InChI is InChI=1S/C11H21N3O4/c1-6(8(12)15)5-7(9(13)16)14-10(17)18-11(2,3)4/h6-7H,5H2,1-4H3,(H2,12,15)(H2,13,16)(H,14,17). The summed E-state index contributed by atoms with van der Waals surface area (Å²) in [5, 5.41) is 2.32. The third kappa shape index (κ3) is 6.72. The van der Waals surface area contributed by atoms with Gasteiger partial charge in [0.05, 0.1) is 0 Å². The molecule has 5 N–H and O–H groups in total. The minimum atomic E-state index is -0.984. The van der Waals surface area contributed by atoms with Gasteiger partial charge in [0.2, 0.25) is 11.8 Å². The number of ether oxygens (including phenoxy) is 1. The van der Waals surface area contributed by atoms with Gasteiger partial charge in [-0.1, -0.05) is 6.92 Å². The van der Waals surface area contributed by atoms with Crippen LogP contribution in [-0.2, 0) is 14.3 Å². The van der Waals surface area contributed by atoms with E-state index in [0.717, 1.165) is 0 Å². The lowest BCUT2D eigenvalue weighted by Crippen LogP contribution is -2.48. The number of hydrogen-bond donors (Lipinski definition) is 3. The van der Waals surface area contributed by atoms with Crippen LogP contribution in [0, 0.1) is 5.92 Å². The Labute approximate surface area is 106 Å². The molecule has 0 bridgehead atoms. The molecular weight excluding hydrogens is 238 g/mol. The maximum atomic E-state index is 11.5. The van der Waals surface area contributed by atoms with Crippen molar-refractivity contribution in [2.45, 2.75) is 45.8 Å². The summed E-state index contributed by atoms with van der Waals surface area (Å²) in [4.78, 5) is 33.5. The molecule has 0 radical (unpaired) electrons. The van der Waals surface area contributed by atoms with Crippen LogP contribution in [0.4, 0.5) is 4.79 Å². The Balaban J connectivity index is 4.50. The monoisotopic (exact) mass is 259 g/mol. The Morgan fingerprint density at radius 3 is 2.00 bits per heavy atom. The molecule has 2 atom stereocenters. The zero-order valence-corrected chi connectivity index (χ0v) is 11.1. The molecular formula is C11H21N3O4. The minimum absolute atomic E-state index is 0.0455. The Bertz CT molecular complexity index is 336. The Kier molecular flexibility index (Phi) is 5.61. The van der Waals surface area contributed by atoms with Crippen molar-refractivity contribution in [3.63, 3.8) is 0 Å². The first-order chi connectivity index (χ1) is 8.03. The molecule has 0 aliphatic rings. The van der Waals surface area contributed by atoms with Crippen LogP contribution in [0.1, 0.15) is 34.1 Å². The molecule has 0 saturated carbocycles. The second kappa shape index (κ2) is 6.23. The second-order valence-electron chi connectivity index (χ2n) is 5.14. The Morgan fingerprint density at radius 2 is 1.67 bits per heavy atom. The maximum Gasteiger partial charge on any atom is 0.408 e. The van der Waals surface area contributed by atoms with Crippen LogP contribution in [0.2, 0.25) is 0 Å². The first-order valence-electron chi connectivity index (χ1n) is 5.61. The van der Waals surface area contributed by atoms with E-state index in [-0.39, 0.29) is 6.42 Å². The van der Waals surface area contributed by atoms with Crippen molar-refractivity contribution >= 4 is 17.9 Å².